The Labute approximate surface area is 123 Å². The summed E-state index contributed by atoms with van der Waals surface area (Å²) >= 11 is 1.65. The lowest BCUT2D eigenvalue weighted by Gasteiger charge is -2.10. The highest BCUT2D eigenvalue weighted by Crippen LogP contribution is 1.97. The minimum atomic E-state index is -0.978. The molecule has 0 heterocycles. The van der Waals surface area contributed by atoms with Crippen molar-refractivity contribution in [3.8, 4) is 0 Å². The first kappa shape index (κ1) is 18.7. The minimum absolute atomic E-state index is 0.0991. The molecule has 20 heavy (non-hydrogen) atoms. The molecule has 0 saturated carbocycles. The summed E-state index contributed by atoms with van der Waals surface area (Å²) in [5, 5.41) is 16.7. The Morgan fingerprint density at radius 3 is 2.25 bits per heavy atom. The summed E-state index contributed by atoms with van der Waals surface area (Å²) in [6.07, 6.45) is 2.53. The number of amides is 2. The largest absolute Gasteiger partial charge is 0.480 e. The third-order valence-electron chi connectivity index (χ3n) is 2.61. The maximum atomic E-state index is 11.5. The van der Waals surface area contributed by atoms with E-state index < -0.39 is 12.0 Å². The number of carboxylic acids is 1. The highest BCUT2D eigenvalue weighted by Gasteiger charge is 2.16. The Morgan fingerprint density at radius 1 is 1.10 bits per heavy atom. The van der Waals surface area contributed by atoms with Gasteiger partial charge in [0.05, 0.1) is 0 Å². The van der Waals surface area contributed by atoms with Gasteiger partial charge in [-0.3, -0.25) is 14.4 Å². The number of carbonyl (C=O) groups is 3. The smallest absolute Gasteiger partial charge is 0.320 e. The summed E-state index contributed by atoms with van der Waals surface area (Å²) in [7, 11) is 1.54. The van der Waals surface area contributed by atoms with Crippen LogP contribution in [-0.4, -0.2) is 61.1 Å². The Balaban J connectivity index is 3.67. The standard InChI is InChI=1S/C12H23N3O4S/c1-13-9(12(18)19)3-4-10(16)14-6-5-11(17)15-7-8-20-2/h9,13H,3-8H2,1-2H3,(H,14,16)(H,15,17)(H,18,19). The topological polar surface area (TPSA) is 108 Å². The number of carbonyl (C=O) groups excluding carboxylic acids is 2. The van der Waals surface area contributed by atoms with Crippen molar-refractivity contribution >= 4 is 29.5 Å². The number of hydrogen-bond acceptors (Lipinski definition) is 5. The molecule has 0 bridgehead atoms. The maximum Gasteiger partial charge on any atom is 0.320 e. The predicted octanol–water partition coefficient (Wildman–Crippen LogP) is -0.575. The van der Waals surface area contributed by atoms with E-state index in [4.69, 9.17) is 5.11 Å². The van der Waals surface area contributed by atoms with Gasteiger partial charge in [-0.25, -0.2) is 0 Å². The van der Waals surface area contributed by atoms with Crippen LogP contribution < -0.4 is 16.0 Å². The lowest BCUT2D eigenvalue weighted by molar-refractivity contribution is -0.139. The monoisotopic (exact) mass is 305 g/mol. The summed E-state index contributed by atoms with van der Waals surface area (Å²) < 4.78 is 0. The Bertz CT molecular complexity index is 326. The fourth-order valence-electron chi connectivity index (χ4n) is 1.45. The lowest BCUT2D eigenvalue weighted by Crippen LogP contribution is -2.36. The number of rotatable bonds is 11. The van der Waals surface area contributed by atoms with Crippen LogP contribution in [0.25, 0.3) is 0 Å². The van der Waals surface area contributed by atoms with Gasteiger partial charge in [-0.1, -0.05) is 0 Å². The first-order valence-electron chi connectivity index (χ1n) is 6.43. The summed E-state index contributed by atoms with van der Waals surface area (Å²) in [5.74, 6) is -0.464. The molecule has 8 heteroatoms. The molecule has 7 nitrogen and oxygen atoms in total. The fraction of sp³-hybridized carbons (Fsp3) is 0.750. The maximum absolute atomic E-state index is 11.5. The van der Waals surface area contributed by atoms with E-state index in [-0.39, 0.29) is 37.6 Å². The van der Waals surface area contributed by atoms with Crippen molar-refractivity contribution in [1.82, 2.24) is 16.0 Å². The Morgan fingerprint density at radius 2 is 1.70 bits per heavy atom. The highest BCUT2D eigenvalue weighted by molar-refractivity contribution is 7.98. The fourth-order valence-corrected chi connectivity index (χ4v) is 1.76. The molecular formula is C12H23N3O4S. The average molecular weight is 305 g/mol. The molecular weight excluding hydrogens is 282 g/mol. The number of carboxylic acid groups (broad SMARTS) is 1. The van der Waals surface area contributed by atoms with Crippen LogP contribution in [0, 0.1) is 0 Å². The number of likely N-dealkylation sites (N-methyl/N-ethyl adjacent to an activating group) is 1. The summed E-state index contributed by atoms with van der Waals surface area (Å²) in [6, 6.07) is -0.726. The number of hydrogen-bond donors (Lipinski definition) is 4. The summed E-state index contributed by atoms with van der Waals surface area (Å²) in [5.41, 5.74) is 0. The van der Waals surface area contributed by atoms with Gasteiger partial charge < -0.3 is 21.1 Å². The van der Waals surface area contributed by atoms with Gasteiger partial charge in [0.1, 0.15) is 6.04 Å². The lowest BCUT2D eigenvalue weighted by atomic mass is 10.1. The normalized spacial score (nSPS) is 11.7. The Hall–Kier alpha value is -1.28. The number of thioether (sulfide) groups is 1. The third kappa shape index (κ3) is 9.62. The second kappa shape index (κ2) is 11.5. The molecule has 4 N–H and O–H groups in total. The van der Waals surface area contributed by atoms with E-state index in [1.165, 1.54) is 7.05 Å². The van der Waals surface area contributed by atoms with Gasteiger partial charge in [-0.15, -0.1) is 0 Å². The molecule has 0 aromatic carbocycles. The van der Waals surface area contributed by atoms with Gasteiger partial charge in [0.15, 0.2) is 0 Å². The Kier molecular flexibility index (Phi) is 10.8. The van der Waals surface area contributed by atoms with Crippen LogP contribution >= 0.6 is 11.8 Å². The van der Waals surface area contributed by atoms with E-state index in [0.29, 0.717) is 6.54 Å². The van der Waals surface area contributed by atoms with E-state index in [1.807, 2.05) is 6.26 Å². The molecule has 0 radical (unpaired) electrons. The second-order valence-corrected chi connectivity index (χ2v) is 5.15. The summed E-state index contributed by atoms with van der Waals surface area (Å²) in [4.78, 5) is 33.5. The SMILES string of the molecule is CNC(CCC(=O)NCCC(=O)NCCSC)C(=O)O. The highest BCUT2D eigenvalue weighted by atomic mass is 32.2. The molecule has 0 rings (SSSR count). The molecule has 2 amide bonds. The van der Waals surface area contributed by atoms with E-state index in [0.717, 1.165) is 5.75 Å². The van der Waals surface area contributed by atoms with E-state index in [2.05, 4.69) is 16.0 Å². The zero-order valence-electron chi connectivity index (χ0n) is 11.9. The van der Waals surface area contributed by atoms with Crippen molar-refractivity contribution in [2.45, 2.75) is 25.3 Å². The van der Waals surface area contributed by atoms with Gasteiger partial charge in [0, 0.05) is 31.7 Å². The second-order valence-electron chi connectivity index (χ2n) is 4.16. The third-order valence-corrected chi connectivity index (χ3v) is 3.22. The van der Waals surface area contributed by atoms with E-state index >= 15 is 0 Å². The molecule has 0 aliphatic carbocycles. The molecule has 0 fully saturated rings. The molecule has 0 saturated heterocycles. The van der Waals surface area contributed by atoms with Crippen molar-refractivity contribution < 1.29 is 19.5 Å². The van der Waals surface area contributed by atoms with Gasteiger partial charge in [0.2, 0.25) is 11.8 Å². The van der Waals surface area contributed by atoms with Crippen LogP contribution in [0.15, 0.2) is 0 Å². The zero-order valence-corrected chi connectivity index (χ0v) is 12.7. The number of aliphatic carboxylic acids is 1. The van der Waals surface area contributed by atoms with Crippen molar-refractivity contribution in [3.05, 3.63) is 0 Å². The van der Waals surface area contributed by atoms with Crippen LogP contribution in [0.4, 0.5) is 0 Å². The van der Waals surface area contributed by atoms with Crippen LogP contribution in [-0.2, 0) is 14.4 Å². The predicted molar refractivity (Wildman–Crippen MR) is 78.7 cm³/mol. The van der Waals surface area contributed by atoms with Gasteiger partial charge in [-0.05, 0) is 19.7 Å². The van der Waals surface area contributed by atoms with Crippen molar-refractivity contribution in [2.75, 3.05) is 32.1 Å². The van der Waals surface area contributed by atoms with E-state index in [1.54, 1.807) is 11.8 Å². The first-order chi connectivity index (χ1) is 9.51. The quantitative estimate of drug-likeness (QED) is 0.381. The minimum Gasteiger partial charge on any atom is -0.480 e. The molecule has 0 aliphatic heterocycles. The van der Waals surface area contributed by atoms with Crippen LogP contribution in [0.1, 0.15) is 19.3 Å². The van der Waals surface area contributed by atoms with Crippen molar-refractivity contribution in [3.63, 3.8) is 0 Å². The molecule has 116 valence electrons. The van der Waals surface area contributed by atoms with E-state index in [9.17, 15) is 14.4 Å². The molecule has 0 aliphatic rings. The van der Waals surface area contributed by atoms with Gasteiger partial charge in [0.25, 0.3) is 0 Å². The number of nitrogens with one attached hydrogen (secondary N) is 3. The van der Waals surface area contributed by atoms with Crippen LogP contribution in [0.2, 0.25) is 0 Å². The molecule has 1 atom stereocenters. The molecule has 0 aromatic heterocycles. The zero-order chi connectivity index (χ0) is 15.4. The van der Waals surface area contributed by atoms with Crippen LogP contribution in [0.3, 0.4) is 0 Å². The first-order valence-corrected chi connectivity index (χ1v) is 7.83. The van der Waals surface area contributed by atoms with Gasteiger partial charge >= 0.3 is 5.97 Å². The molecule has 0 aromatic rings. The average Bonchev–Trinajstić information content (AvgIpc) is 2.39. The summed E-state index contributed by atoms with van der Waals surface area (Å²) in [6.45, 7) is 0.887. The van der Waals surface area contributed by atoms with Crippen molar-refractivity contribution in [1.29, 1.82) is 0 Å². The molecule has 0 spiro atoms. The van der Waals surface area contributed by atoms with Gasteiger partial charge in [-0.2, -0.15) is 11.8 Å². The molecule has 1 unspecified atom stereocenters. The van der Waals surface area contributed by atoms with Crippen molar-refractivity contribution in [2.24, 2.45) is 0 Å². The van der Waals surface area contributed by atoms with Crippen LogP contribution in [0.5, 0.6) is 0 Å².